The van der Waals surface area contributed by atoms with Crippen molar-refractivity contribution in [1.82, 2.24) is 0 Å². The molecule has 0 aliphatic heterocycles. The summed E-state index contributed by atoms with van der Waals surface area (Å²) in [5.41, 5.74) is 2.05. The Morgan fingerprint density at radius 2 is 1.89 bits per heavy atom. The van der Waals surface area contributed by atoms with Crippen LogP contribution >= 0.6 is 11.6 Å². The summed E-state index contributed by atoms with van der Waals surface area (Å²) in [5.74, 6) is 0. The van der Waals surface area contributed by atoms with Gasteiger partial charge in [0.25, 0.3) is 0 Å². The molecule has 3 heteroatoms. The van der Waals surface area contributed by atoms with Crippen molar-refractivity contribution in [3.05, 3.63) is 70.7 Å². The average Bonchev–Trinajstić information content (AvgIpc) is 2.39. The zero-order valence-corrected chi connectivity index (χ0v) is 10.5. The van der Waals surface area contributed by atoms with Gasteiger partial charge in [0.05, 0.1) is 6.04 Å². The van der Waals surface area contributed by atoms with Crippen molar-refractivity contribution in [2.75, 3.05) is 0 Å². The van der Waals surface area contributed by atoms with Gasteiger partial charge < -0.3 is 0 Å². The molecule has 0 heterocycles. The smallest absolute Gasteiger partial charge is 0.211 e. The minimum Gasteiger partial charge on any atom is -0.211 e. The van der Waals surface area contributed by atoms with Crippen LogP contribution in [0.2, 0.25) is 5.02 Å². The summed E-state index contributed by atoms with van der Waals surface area (Å²) in [4.78, 5) is 14.4. The monoisotopic (exact) mass is 257 g/mol. The Morgan fingerprint density at radius 3 is 2.56 bits per heavy atom. The second kappa shape index (κ2) is 6.15. The average molecular weight is 258 g/mol. The quantitative estimate of drug-likeness (QED) is 0.602. The minimum absolute atomic E-state index is 0.206. The molecule has 2 aromatic carbocycles. The highest BCUT2D eigenvalue weighted by molar-refractivity contribution is 6.30. The fraction of sp³-hybridized carbons (Fsp3) is 0.133. The molecular formula is C15H12ClNO. The molecule has 0 aliphatic rings. The van der Waals surface area contributed by atoms with Gasteiger partial charge >= 0.3 is 0 Å². The van der Waals surface area contributed by atoms with Crippen molar-refractivity contribution in [2.45, 2.75) is 12.5 Å². The number of hydrogen-bond acceptors (Lipinski definition) is 2. The van der Waals surface area contributed by atoms with Gasteiger partial charge in [-0.05, 0) is 29.7 Å². The van der Waals surface area contributed by atoms with Gasteiger partial charge in [-0.2, -0.15) is 4.99 Å². The molecule has 0 spiro atoms. The van der Waals surface area contributed by atoms with Crippen LogP contribution in [0.25, 0.3) is 0 Å². The summed E-state index contributed by atoms with van der Waals surface area (Å²) in [5, 5.41) is 0.689. The summed E-state index contributed by atoms with van der Waals surface area (Å²) in [6.45, 7) is 0. The summed E-state index contributed by atoms with van der Waals surface area (Å²) >= 11 is 5.94. The summed E-state index contributed by atoms with van der Waals surface area (Å²) in [7, 11) is 0. The molecule has 0 aromatic heterocycles. The molecule has 0 bridgehead atoms. The zero-order valence-electron chi connectivity index (χ0n) is 9.71. The second-order valence-electron chi connectivity index (χ2n) is 3.98. The van der Waals surface area contributed by atoms with Crippen LogP contribution in [-0.2, 0) is 11.2 Å². The first kappa shape index (κ1) is 12.6. The van der Waals surface area contributed by atoms with Gasteiger partial charge in [0, 0.05) is 5.02 Å². The van der Waals surface area contributed by atoms with Crippen LogP contribution in [-0.4, -0.2) is 6.08 Å². The minimum atomic E-state index is -0.206. The third-order valence-electron chi connectivity index (χ3n) is 2.71. The number of isocyanates is 1. The number of rotatable bonds is 4. The molecule has 0 amide bonds. The van der Waals surface area contributed by atoms with E-state index in [1.807, 2.05) is 54.6 Å². The third-order valence-corrected chi connectivity index (χ3v) is 2.95. The molecule has 0 radical (unpaired) electrons. The van der Waals surface area contributed by atoms with Crippen LogP contribution in [0.5, 0.6) is 0 Å². The van der Waals surface area contributed by atoms with Gasteiger partial charge in [-0.1, -0.05) is 54.1 Å². The van der Waals surface area contributed by atoms with Crippen LogP contribution in [0.3, 0.4) is 0 Å². The fourth-order valence-electron chi connectivity index (χ4n) is 1.86. The lowest BCUT2D eigenvalue weighted by molar-refractivity contribution is 0.557. The van der Waals surface area contributed by atoms with Crippen molar-refractivity contribution in [3.8, 4) is 0 Å². The Kier molecular flexibility index (Phi) is 4.30. The first-order valence-corrected chi connectivity index (χ1v) is 6.04. The molecule has 0 N–H and O–H groups in total. The largest absolute Gasteiger partial charge is 0.235 e. The van der Waals surface area contributed by atoms with Gasteiger partial charge in [-0.3, -0.25) is 0 Å². The maximum absolute atomic E-state index is 10.5. The Labute approximate surface area is 111 Å². The van der Waals surface area contributed by atoms with Crippen LogP contribution in [0.1, 0.15) is 17.2 Å². The van der Waals surface area contributed by atoms with E-state index >= 15 is 0 Å². The first-order chi connectivity index (χ1) is 8.79. The molecule has 2 rings (SSSR count). The van der Waals surface area contributed by atoms with E-state index in [1.165, 1.54) is 0 Å². The van der Waals surface area contributed by atoms with Crippen LogP contribution in [0, 0.1) is 0 Å². The second-order valence-corrected chi connectivity index (χ2v) is 4.42. The SMILES string of the molecule is O=C=NC(Cc1cccc(Cl)c1)c1ccccc1. The van der Waals surface area contributed by atoms with Crippen molar-refractivity contribution in [1.29, 1.82) is 0 Å². The molecule has 0 saturated carbocycles. The molecule has 1 unspecified atom stereocenters. The van der Waals surface area contributed by atoms with Crippen molar-refractivity contribution < 1.29 is 4.79 Å². The normalized spacial score (nSPS) is 11.6. The highest BCUT2D eigenvalue weighted by atomic mass is 35.5. The third kappa shape index (κ3) is 3.30. The molecular weight excluding hydrogens is 246 g/mol. The number of halogens is 1. The number of hydrogen-bond donors (Lipinski definition) is 0. The van der Waals surface area contributed by atoms with E-state index in [9.17, 15) is 4.79 Å². The molecule has 2 nitrogen and oxygen atoms in total. The lowest BCUT2D eigenvalue weighted by atomic mass is 9.99. The van der Waals surface area contributed by atoms with Crippen LogP contribution in [0.15, 0.2) is 59.6 Å². The summed E-state index contributed by atoms with van der Waals surface area (Å²) < 4.78 is 0. The van der Waals surface area contributed by atoms with Gasteiger partial charge in [0.1, 0.15) is 0 Å². The van der Waals surface area contributed by atoms with Gasteiger partial charge in [-0.15, -0.1) is 0 Å². The standard InChI is InChI=1S/C15H12ClNO/c16-14-8-4-5-12(9-14)10-15(17-11-18)13-6-2-1-3-7-13/h1-9,15H,10H2. The summed E-state index contributed by atoms with van der Waals surface area (Å²) in [6, 6.07) is 17.1. The molecule has 0 aliphatic carbocycles. The lowest BCUT2D eigenvalue weighted by Crippen LogP contribution is -2.00. The van der Waals surface area contributed by atoms with Crippen LogP contribution in [0.4, 0.5) is 0 Å². The number of nitrogens with zero attached hydrogens (tertiary/aromatic N) is 1. The first-order valence-electron chi connectivity index (χ1n) is 5.66. The van der Waals surface area contributed by atoms with Crippen molar-refractivity contribution >= 4 is 17.7 Å². The Balaban J connectivity index is 2.25. The molecule has 0 saturated heterocycles. The highest BCUT2D eigenvalue weighted by Crippen LogP contribution is 2.23. The Morgan fingerprint density at radius 1 is 1.11 bits per heavy atom. The predicted molar refractivity (Wildman–Crippen MR) is 72.5 cm³/mol. The van der Waals surface area contributed by atoms with E-state index in [2.05, 4.69) is 4.99 Å². The molecule has 0 fully saturated rings. The number of carbonyl (C=O) groups excluding carboxylic acids is 1. The number of benzene rings is 2. The van der Waals surface area contributed by atoms with E-state index in [0.29, 0.717) is 11.4 Å². The van der Waals surface area contributed by atoms with Crippen molar-refractivity contribution in [3.63, 3.8) is 0 Å². The lowest BCUT2D eigenvalue weighted by Gasteiger charge is -2.11. The predicted octanol–water partition coefficient (Wildman–Crippen LogP) is 3.96. The maximum Gasteiger partial charge on any atom is 0.235 e. The highest BCUT2D eigenvalue weighted by Gasteiger charge is 2.10. The van der Waals surface area contributed by atoms with Gasteiger partial charge in [0.15, 0.2) is 0 Å². The Bertz CT molecular complexity index is 562. The van der Waals surface area contributed by atoms with E-state index in [1.54, 1.807) is 6.08 Å². The maximum atomic E-state index is 10.5. The van der Waals surface area contributed by atoms with E-state index in [4.69, 9.17) is 11.6 Å². The van der Waals surface area contributed by atoms with E-state index in [-0.39, 0.29) is 6.04 Å². The zero-order chi connectivity index (χ0) is 12.8. The topological polar surface area (TPSA) is 29.4 Å². The van der Waals surface area contributed by atoms with Gasteiger partial charge in [-0.25, -0.2) is 4.79 Å². The van der Waals surface area contributed by atoms with Crippen LogP contribution < -0.4 is 0 Å². The molecule has 1 atom stereocenters. The van der Waals surface area contributed by atoms with E-state index in [0.717, 1.165) is 11.1 Å². The van der Waals surface area contributed by atoms with E-state index < -0.39 is 0 Å². The van der Waals surface area contributed by atoms with Crippen molar-refractivity contribution in [2.24, 2.45) is 4.99 Å². The Hall–Kier alpha value is -1.89. The molecule has 2 aromatic rings. The molecule has 90 valence electrons. The van der Waals surface area contributed by atoms with Gasteiger partial charge in [0.2, 0.25) is 6.08 Å². The molecule has 18 heavy (non-hydrogen) atoms. The number of aliphatic imine (C=N–C) groups is 1. The fourth-order valence-corrected chi connectivity index (χ4v) is 2.08. The summed E-state index contributed by atoms with van der Waals surface area (Å²) in [6.07, 6.45) is 2.28.